The first-order chi connectivity index (χ1) is 8.72. The lowest BCUT2D eigenvalue weighted by atomic mass is 10.0. The molecule has 0 unspecified atom stereocenters. The molecule has 0 spiro atoms. The molecule has 2 aromatic rings. The summed E-state index contributed by atoms with van der Waals surface area (Å²) in [5.41, 5.74) is 8.72. The third-order valence-corrected chi connectivity index (χ3v) is 3.08. The van der Waals surface area contributed by atoms with Gasteiger partial charge in [0, 0.05) is 17.1 Å². The Morgan fingerprint density at radius 1 is 1.11 bits per heavy atom. The van der Waals surface area contributed by atoms with E-state index in [1.807, 2.05) is 49.4 Å². The van der Waals surface area contributed by atoms with Gasteiger partial charge in [-0.25, -0.2) is 0 Å². The lowest BCUT2D eigenvalue weighted by molar-refractivity contribution is 0.328. The number of ether oxygens (including phenoxy) is 1. The summed E-state index contributed by atoms with van der Waals surface area (Å²) in [7, 11) is 0. The second kappa shape index (κ2) is 7.39. The van der Waals surface area contributed by atoms with Crippen LogP contribution in [0.25, 0.3) is 11.1 Å². The smallest absolute Gasteiger partial charge is 0.119 e. The third-order valence-electron chi connectivity index (χ3n) is 2.75. The summed E-state index contributed by atoms with van der Waals surface area (Å²) < 4.78 is 5.50. The molecule has 2 aromatic carbocycles. The molecule has 2 N–H and O–H groups in total. The molecule has 0 atom stereocenters. The van der Waals surface area contributed by atoms with Gasteiger partial charge < -0.3 is 10.5 Å². The second-order valence-corrected chi connectivity index (χ2v) is 4.50. The Morgan fingerprint density at radius 3 is 2.47 bits per heavy atom. The van der Waals surface area contributed by atoms with E-state index in [0.717, 1.165) is 27.5 Å². The van der Waals surface area contributed by atoms with E-state index in [1.165, 1.54) is 0 Å². The predicted molar refractivity (Wildman–Crippen MR) is 83.4 cm³/mol. The molecule has 0 fully saturated rings. The van der Waals surface area contributed by atoms with E-state index in [-0.39, 0.29) is 12.4 Å². The van der Waals surface area contributed by atoms with Crippen LogP contribution in [0, 0.1) is 6.92 Å². The molecular formula is C15H17Cl2NO. The first-order valence-corrected chi connectivity index (χ1v) is 6.28. The summed E-state index contributed by atoms with van der Waals surface area (Å²) >= 11 is 6.21. The molecule has 2 nitrogen and oxygen atoms in total. The summed E-state index contributed by atoms with van der Waals surface area (Å²) in [5, 5.41) is 0.760. The van der Waals surface area contributed by atoms with Crippen LogP contribution in [-0.2, 0) is 0 Å². The van der Waals surface area contributed by atoms with E-state index in [0.29, 0.717) is 13.2 Å². The minimum absolute atomic E-state index is 0. The van der Waals surface area contributed by atoms with Gasteiger partial charge >= 0.3 is 0 Å². The number of rotatable bonds is 4. The number of hydrogen-bond donors (Lipinski definition) is 1. The quantitative estimate of drug-likeness (QED) is 0.923. The topological polar surface area (TPSA) is 35.2 Å². The molecule has 2 rings (SSSR count). The van der Waals surface area contributed by atoms with Crippen molar-refractivity contribution in [1.82, 2.24) is 0 Å². The summed E-state index contributed by atoms with van der Waals surface area (Å²) in [6.07, 6.45) is 0. The van der Waals surface area contributed by atoms with Crippen LogP contribution < -0.4 is 10.5 Å². The molecule has 4 heteroatoms. The van der Waals surface area contributed by atoms with E-state index in [9.17, 15) is 0 Å². The average Bonchev–Trinajstić information content (AvgIpc) is 2.38. The number of halogens is 2. The Hall–Kier alpha value is -1.22. The van der Waals surface area contributed by atoms with Gasteiger partial charge in [0.15, 0.2) is 0 Å². The minimum atomic E-state index is 0. The lowest BCUT2D eigenvalue weighted by Crippen LogP contribution is -2.10. The van der Waals surface area contributed by atoms with E-state index >= 15 is 0 Å². The number of aryl methyl sites for hydroxylation is 1. The number of hydrogen-bond acceptors (Lipinski definition) is 2. The van der Waals surface area contributed by atoms with Gasteiger partial charge in [0.05, 0.1) is 0 Å². The van der Waals surface area contributed by atoms with Crippen LogP contribution in [0.4, 0.5) is 0 Å². The molecule has 0 radical (unpaired) electrons. The van der Waals surface area contributed by atoms with Crippen LogP contribution in [0.15, 0.2) is 42.5 Å². The first kappa shape index (κ1) is 15.8. The fourth-order valence-corrected chi connectivity index (χ4v) is 2.12. The SMILES string of the molecule is Cc1cc(OCCN)ccc1-c1ccccc1Cl.Cl. The number of benzene rings is 2. The van der Waals surface area contributed by atoms with Gasteiger partial charge in [-0.15, -0.1) is 12.4 Å². The Morgan fingerprint density at radius 2 is 1.84 bits per heavy atom. The number of nitrogens with two attached hydrogens (primary N) is 1. The van der Waals surface area contributed by atoms with Crippen molar-refractivity contribution >= 4 is 24.0 Å². The first-order valence-electron chi connectivity index (χ1n) is 5.91. The van der Waals surface area contributed by atoms with Gasteiger partial charge in [-0.3, -0.25) is 0 Å². The Labute approximate surface area is 124 Å². The highest BCUT2D eigenvalue weighted by molar-refractivity contribution is 6.33. The van der Waals surface area contributed by atoms with Crippen molar-refractivity contribution in [2.75, 3.05) is 13.2 Å². The fraction of sp³-hybridized carbons (Fsp3) is 0.200. The van der Waals surface area contributed by atoms with Crippen molar-refractivity contribution in [3.05, 3.63) is 53.1 Å². The van der Waals surface area contributed by atoms with Crippen LogP contribution in [0.5, 0.6) is 5.75 Å². The minimum Gasteiger partial charge on any atom is -0.492 e. The highest BCUT2D eigenvalue weighted by atomic mass is 35.5. The van der Waals surface area contributed by atoms with E-state index in [2.05, 4.69) is 0 Å². The largest absolute Gasteiger partial charge is 0.492 e. The standard InChI is InChI=1S/C15H16ClNO.ClH/c1-11-10-12(18-9-8-17)6-7-13(11)14-4-2-3-5-15(14)16;/h2-7,10H,8-9,17H2,1H3;1H. The van der Waals surface area contributed by atoms with Gasteiger partial charge in [0.2, 0.25) is 0 Å². The van der Waals surface area contributed by atoms with Crippen LogP contribution in [0.1, 0.15) is 5.56 Å². The van der Waals surface area contributed by atoms with Crippen LogP contribution >= 0.6 is 24.0 Å². The molecule has 102 valence electrons. The normalized spacial score (nSPS) is 9.84. The Balaban J connectivity index is 0.00000180. The zero-order valence-corrected chi connectivity index (χ0v) is 12.3. The predicted octanol–water partition coefficient (Wildman–Crippen LogP) is 4.07. The van der Waals surface area contributed by atoms with Crippen LogP contribution in [0.2, 0.25) is 5.02 Å². The van der Waals surface area contributed by atoms with Crippen LogP contribution in [0.3, 0.4) is 0 Å². The fourth-order valence-electron chi connectivity index (χ4n) is 1.88. The van der Waals surface area contributed by atoms with Gasteiger partial charge in [0.25, 0.3) is 0 Å². The van der Waals surface area contributed by atoms with Crippen molar-refractivity contribution in [3.63, 3.8) is 0 Å². The molecule has 0 heterocycles. The van der Waals surface area contributed by atoms with Crippen LogP contribution in [-0.4, -0.2) is 13.2 Å². The maximum absolute atomic E-state index is 6.21. The van der Waals surface area contributed by atoms with Gasteiger partial charge in [-0.1, -0.05) is 35.9 Å². The zero-order chi connectivity index (χ0) is 13.0. The van der Waals surface area contributed by atoms with Crippen molar-refractivity contribution in [1.29, 1.82) is 0 Å². The Bertz CT molecular complexity index is 543. The average molecular weight is 298 g/mol. The van der Waals surface area contributed by atoms with Gasteiger partial charge in [0.1, 0.15) is 12.4 Å². The van der Waals surface area contributed by atoms with Crippen molar-refractivity contribution in [2.45, 2.75) is 6.92 Å². The summed E-state index contributed by atoms with van der Waals surface area (Å²) in [6, 6.07) is 13.8. The Kier molecular flexibility index (Phi) is 6.16. The summed E-state index contributed by atoms with van der Waals surface area (Å²) in [5.74, 6) is 0.841. The van der Waals surface area contributed by atoms with Crippen molar-refractivity contribution in [3.8, 4) is 16.9 Å². The molecule has 0 bridgehead atoms. The second-order valence-electron chi connectivity index (χ2n) is 4.09. The van der Waals surface area contributed by atoms with E-state index in [4.69, 9.17) is 22.1 Å². The van der Waals surface area contributed by atoms with E-state index in [1.54, 1.807) is 0 Å². The van der Waals surface area contributed by atoms with E-state index < -0.39 is 0 Å². The molecule has 19 heavy (non-hydrogen) atoms. The van der Waals surface area contributed by atoms with Gasteiger partial charge in [-0.05, 0) is 36.2 Å². The van der Waals surface area contributed by atoms with Crippen molar-refractivity contribution < 1.29 is 4.74 Å². The monoisotopic (exact) mass is 297 g/mol. The zero-order valence-electron chi connectivity index (χ0n) is 10.7. The molecule has 0 aliphatic carbocycles. The summed E-state index contributed by atoms with van der Waals surface area (Å²) in [6.45, 7) is 3.10. The third kappa shape index (κ3) is 3.87. The molecular weight excluding hydrogens is 281 g/mol. The lowest BCUT2D eigenvalue weighted by Gasteiger charge is -2.11. The highest BCUT2D eigenvalue weighted by Gasteiger charge is 2.06. The maximum atomic E-state index is 6.21. The maximum Gasteiger partial charge on any atom is 0.119 e. The van der Waals surface area contributed by atoms with Crippen molar-refractivity contribution in [2.24, 2.45) is 5.73 Å². The van der Waals surface area contributed by atoms with Gasteiger partial charge in [-0.2, -0.15) is 0 Å². The summed E-state index contributed by atoms with van der Waals surface area (Å²) in [4.78, 5) is 0. The molecule has 0 saturated heterocycles. The molecule has 0 aromatic heterocycles. The molecule has 0 aliphatic rings. The molecule has 0 amide bonds. The highest BCUT2D eigenvalue weighted by Crippen LogP contribution is 2.31. The molecule has 0 saturated carbocycles. The molecule has 0 aliphatic heterocycles.